The van der Waals surface area contributed by atoms with Crippen LogP contribution in [0.2, 0.25) is 0 Å². The molecule has 154 valence electrons. The molecular weight excluding hydrogens is 410 g/mol. The first-order valence-corrected chi connectivity index (χ1v) is 11.7. The van der Waals surface area contributed by atoms with E-state index >= 15 is 0 Å². The zero-order chi connectivity index (χ0) is 21.3. The summed E-state index contributed by atoms with van der Waals surface area (Å²) in [4.78, 5) is 24.7. The number of carbonyl (C=O) groups is 1. The van der Waals surface area contributed by atoms with Crippen LogP contribution in [-0.4, -0.2) is 31.7 Å². The lowest BCUT2D eigenvalue weighted by Crippen LogP contribution is -2.37. The van der Waals surface area contributed by atoms with Gasteiger partial charge < -0.3 is 5.32 Å². The van der Waals surface area contributed by atoms with Gasteiger partial charge >= 0.3 is 4.87 Å². The summed E-state index contributed by atoms with van der Waals surface area (Å²) in [6.07, 6.45) is 1.07. The SMILES string of the molecule is Cc1ccc(N(CC(=O)Nc2ccc3c(c2)sc(=O)n3C(C)C)S(C)(=O)=O)cc1. The molecule has 3 rings (SSSR count). The quantitative estimate of drug-likeness (QED) is 0.646. The first-order valence-electron chi connectivity index (χ1n) is 9.05. The molecule has 0 unspecified atom stereocenters. The summed E-state index contributed by atoms with van der Waals surface area (Å²) in [5.41, 5.74) is 2.74. The van der Waals surface area contributed by atoms with Crippen LogP contribution in [0.15, 0.2) is 47.3 Å². The highest BCUT2D eigenvalue weighted by Crippen LogP contribution is 2.24. The predicted molar refractivity (Wildman–Crippen MR) is 118 cm³/mol. The summed E-state index contributed by atoms with van der Waals surface area (Å²) < 4.78 is 27.9. The van der Waals surface area contributed by atoms with Crippen LogP contribution in [0.3, 0.4) is 0 Å². The minimum absolute atomic E-state index is 0.0366. The van der Waals surface area contributed by atoms with Crippen molar-refractivity contribution in [1.29, 1.82) is 0 Å². The Morgan fingerprint density at radius 1 is 1.17 bits per heavy atom. The number of aromatic nitrogens is 1. The fourth-order valence-electron chi connectivity index (χ4n) is 3.05. The first-order chi connectivity index (χ1) is 13.6. The Labute approximate surface area is 173 Å². The van der Waals surface area contributed by atoms with Crippen LogP contribution in [0.25, 0.3) is 10.2 Å². The normalized spacial score (nSPS) is 11.8. The molecule has 1 N–H and O–H groups in total. The van der Waals surface area contributed by atoms with Gasteiger partial charge in [0.1, 0.15) is 6.54 Å². The molecule has 0 fully saturated rings. The van der Waals surface area contributed by atoms with Crippen molar-refractivity contribution in [2.24, 2.45) is 0 Å². The molecule has 2 aromatic carbocycles. The molecular formula is C20H23N3O4S2. The van der Waals surface area contributed by atoms with E-state index in [2.05, 4.69) is 5.32 Å². The molecule has 29 heavy (non-hydrogen) atoms. The van der Waals surface area contributed by atoms with Crippen molar-refractivity contribution in [1.82, 2.24) is 4.57 Å². The summed E-state index contributed by atoms with van der Waals surface area (Å²) >= 11 is 1.11. The second-order valence-corrected chi connectivity index (χ2v) is 10.1. The summed E-state index contributed by atoms with van der Waals surface area (Å²) in [7, 11) is -3.63. The number of nitrogens with zero attached hydrogens (tertiary/aromatic N) is 2. The van der Waals surface area contributed by atoms with E-state index in [0.29, 0.717) is 11.4 Å². The van der Waals surface area contributed by atoms with Gasteiger partial charge in [-0.05, 0) is 51.1 Å². The van der Waals surface area contributed by atoms with Crippen molar-refractivity contribution in [2.75, 3.05) is 22.4 Å². The largest absolute Gasteiger partial charge is 0.324 e. The molecule has 0 radical (unpaired) electrons. The molecule has 1 heterocycles. The number of carbonyl (C=O) groups excluding carboxylic acids is 1. The fraction of sp³-hybridized carbons (Fsp3) is 0.300. The van der Waals surface area contributed by atoms with Gasteiger partial charge in [0.15, 0.2) is 0 Å². The van der Waals surface area contributed by atoms with E-state index in [9.17, 15) is 18.0 Å². The summed E-state index contributed by atoms with van der Waals surface area (Å²) in [5, 5.41) is 2.73. The lowest BCUT2D eigenvalue weighted by molar-refractivity contribution is -0.114. The van der Waals surface area contributed by atoms with Crippen molar-refractivity contribution in [3.63, 3.8) is 0 Å². The van der Waals surface area contributed by atoms with E-state index in [4.69, 9.17) is 0 Å². The van der Waals surface area contributed by atoms with Crippen LogP contribution in [0.5, 0.6) is 0 Å². The summed E-state index contributed by atoms with van der Waals surface area (Å²) in [5.74, 6) is -0.467. The van der Waals surface area contributed by atoms with Crippen molar-refractivity contribution in [3.05, 3.63) is 57.7 Å². The van der Waals surface area contributed by atoms with E-state index in [1.165, 1.54) is 0 Å². The summed E-state index contributed by atoms with van der Waals surface area (Å²) in [6, 6.07) is 12.2. The molecule has 0 aliphatic heterocycles. The van der Waals surface area contributed by atoms with Crippen LogP contribution in [0.1, 0.15) is 25.5 Å². The Bertz CT molecular complexity index is 1210. The molecule has 0 saturated heterocycles. The molecule has 0 aliphatic carbocycles. The van der Waals surface area contributed by atoms with Gasteiger partial charge in [-0.25, -0.2) is 8.42 Å². The number of thiazole rings is 1. The minimum atomic E-state index is -3.63. The molecule has 0 bridgehead atoms. The third-order valence-electron chi connectivity index (χ3n) is 4.42. The topological polar surface area (TPSA) is 88.5 Å². The number of amides is 1. The monoisotopic (exact) mass is 433 g/mol. The summed E-state index contributed by atoms with van der Waals surface area (Å²) in [6.45, 7) is 5.43. The molecule has 3 aromatic rings. The second-order valence-electron chi connectivity index (χ2n) is 7.17. The van der Waals surface area contributed by atoms with E-state index in [-0.39, 0.29) is 17.5 Å². The highest BCUT2D eigenvalue weighted by molar-refractivity contribution is 7.92. The van der Waals surface area contributed by atoms with E-state index in [1.54, 1.807) is 47.0 Å². The van der Waals surface area contributed by atoms with Gasteiger partial charge in [-0.1, -0.05) is 29.0 Å². The molecule has 1 aromatic heterocycles. The average Bonchev–Trinajstić information content (AvgIpc) is 2.95. The molecule has 0 aliphatic rings. The minimum Gasteiger partial charge on any atom is -0.324 e. The Kier molecular flexibility index (Phi) is 5.81. The van der Waals surface area contributed by atoms with Crippen molar-refractivity contribution >= 4 is 48.9 Å². The molecule has 9 heteroatoms. The van der Waals surface area contributed by atoms with Crippen molar-refractivity contribution in [3.8, 4) is 0 Å². The zero-order valence-corrected chi connectivity index (χ0v) is 18.3. The Morgan fingerprint density at radius 3 is 2.41 bits per heavy atom. The van der Waals surface area contributed by atoms with Crippen LogP contribution < -0.4 is 14.5 Å². The number of hydrogen-bond acceptors (Lipinski definition) is 5. The molecule has 1 amide bonds. The van der Waals surface area contributed by atoms with Gasteiger partial charge in [-0.15, -0.1) is 0 Å². The van der Waals surface area contributed by atoms with Gasteiger partial charge in [0, 0.05) is 11.7 Å². The molecule has 0 saturated carbocycles. The van der Waals surface area contributed by atoms with Crippen LogP contribution >= 0.6 is 11.3 Å². The van der Waals surface area contributed by atoms with E-state index < -0.39 is 15.9 Å². The Morgan fingerprint density at radius 2 is 1.83 bits per heavy atom. The van der Waals surface area contributed by atoms with Crippen LogP contribution in [0.4, 0.5) is 11.4 Å². The molecule has 7 nitrogen and oxygen atoms in total. The van der Waals surface area contributed by atoms with E-state index in [0.717, 1.165) is 37.7 Å². The second kappa shape index (κ2) is 8.00. The number of hydrogen-bond donors (Lipinski definition) is 1. The maximum absolute atomic E-state index is 12.5. The van der Waals surface area contributed by atoms with Gasteiger partial charge in [0.2, 0.25) is 15.9 Å². The smallest absolute Gasteiger partial charge is 0.308 e. The van der Waals surface area contributed by atoms with Crippen LogP contribution in [0, 0.1) is 6.92 Å². The fourth-order valence-corrected chi connectivity index (χ4v) is 4.95. The van der Waals surface area contributed by atoms with Gasteiger partial charge in [0.05, 0.1) is 22.2 Å². The number of anilines is 2. The molecule has 0 spiro atoms. The van der Waals surface area contributed by atoms with Crippen molar-refractivity contribution in [2.45, 2.75) is 26.8 Å². The zero-order valence-electron chi connectivity index (χ0n) is 16.7. The first kappa shape index (κ1) is 21.1. The Balaban J connectivity index is 1.83. The maximum atomic E-state index is 12.5. The third-order valence-corrected chi connectivity index (χ3v) is 6.48. The van der Waals surface area contributed by atoms with E-state index in [1.807, 2.05) is 20.8 Å². The Hall–Kier alpha value is -2.65. The van der Waals surface area contributed by atoms with Gasteiger partial charge in [-0.2, -0.15) is 0 Å². The average molecular weight is 434 g/mol. The van der Waals surface area contributed by atoms with Crippen LogP contribution in [-0.2, 0) is 14.8 Å². The molecule has 0 atom stereocenters. The lowest BCUT2D eigenvalue weighted by atomic mass is 10.2. The highest BCUT2D eigenvalue weighted by atomic mass is 32.2. The number of nitrogens with one attached hydrogen (secondary N) is 1. The predicted octanol–water partition coefficient (Wildman–Crippen LogP) is 3.36. The van der Waals surface area contributed by atoms with Crippen molar-refractivity contribution < 1.29 is 13.2 Å². The third kappa shape index (κ3) is 4.68. The van der Waals surface area contributed by atoms with Gasteiger partial charge in [0.25, 0.3) is 0 Å². The number of aryl methyl sites for hydroxylation is 1. The number of sulfonamides is 1. The number of fused-ring (bicyclic) bond motifs is 1. The highest BCUT2D eigenvalue weighted by Gasteiger charge is 2.21. The number of rotatable bonds is 6. The standard InChI is InChI=1S/C20H23N3O4S2/c1-13(2)23-17-10-7-15(11-18(17)28-20(23)25)21-19(24)12-22(29(4,26)27)16-8-5-14(3)6-9-16/h5-11,13H,12H2,1-4H3,(H,21,24). The number of benzene rings is 2. The van der Waals surface area contributed by atoms with Gasteiger partial charge in [-0.3, -0.25) is 18.5 Å². The lowest BCUT2D eigenvalue weighted by Gasteiger charge is -2.22. The maximum Gasteiger partial charge on any atom is 0.308 e.